The lowest BCUT2D eigenvalue weighted by atomic mass is 9.84. The highest BCUT2D eigenvalue weighted by Crippen LogP contribution is 2.33. The van der Waals surface area contributed by atoms with Gasteiger partial charge in [-0.3, -0.25) is 4.79 Å². The Morgan fingerprint density at radius 1 is 1.03 bits per heavy atom. The van der Waals surface area contributed by atoms with Crippen molar-refractivity contribution in [2.45, 2.75) is 58.8 Å². The van der Waals surface area contributed by atoms with Crippen LogP contribution in [0, 0.1) is 6.92 Å². The Balaban J connectivity index is 1.52. The summed E-state index contributed by atoms with van der Waals surface area (Å²) in [7, 11) is 0. The fourth-order valence-electron chi connectivity index (χ4n) is 4.18. The first-order valence-corrected chi connectivity index (χ1v) is 11.0. The third-order valence-electron chi connectivity index (χ3n) is 5.94. The van der Waals surface area contributed by atoms with E-state index in [-0.39, 0.29) is 12.5 Å². The van der Waals surface area contributed by atoms with Crippen molar-refractivity contribution in [2.75, 3.05) is 29.9 Å². The van der Waals surface area contributed by atoms with Crippen LogP contribution in [0.1, 0.15) is 63.0 Å². The molecular weight excluding hydrogens is 360 g/mol. The molecule has 0 unspecified atom stereocenters. The summed E-state index contributed by atoms with van der Waals surface area (Å²) < 4.78 is 5.70. The zero-order valence-corrected chi connectivity index (χ0v) is 18.0. The molecule has 1 amide bonds. The minimum atomic E-state index is -0.139. The second-order valence-corrected chi connectivity index (χ2v) is 7.91. The topological polar surface area (TPSA) is 41.6 Å². The molecule has 4 nitrogen and oxygen atoms in total. The number of anilines is 2. The number of hydrogen-bond acceptors (Lipinski definition) is 3. The lowest BCUT2D eigenvalue weighted by Crippen LogP contribution is -2.23. The van der Waals surface area contributed by atoms with Gasteiger partial charge in [0.2, 0.25) is 0 Å². The predicted octanol–water partition coefficient (Wildman–Crippen LogP) is 5.91. The average molecular weight is 395 g/mol. The molecule has 3 rings (SSSR count). The number of amides is 1. The molecule has 1 aliphatic carbocycles. The maximum Gasteiger partial charge on any atom is 0.262 e. The molecule has 1 aliphatic rings. The molecule has 0 saturated heterocycles. The molecule has 1 fully saturated rings. The lowest BCUT2D eigenvalue weighted by Gasteiger charge is -2.22. The molecule has 2 aromatic carbocycles. The van der Waals surface area contributed by atoms with Gasteiger partial charge >= 0.3 is 0 Å². The summed E-state index contributed by atoms with van der Waals surface area (Å²) in [4.78, 5) is 14.6. The van der Waals surface area contributed by atoms with Gasteiger partial charge in [0.1, 0.15) is 5.75 Å². The molecule has 156 valence electrons. The van der Waals surface area contributed by atoms with Gasteiger partial charge in [0, 0.05) is 24.5 Å². The number of benzene rings is 2. The van der Waals surface area contributed by atoms with E-state index in [9.17, 15) is 4.79 Å². The third-order valence-corrected chi connectivity index (χ3v) is 5.94. The van der Waals surface area contributed by atoms with E-state index in [1.807, 2.05) is 25.1 Å². The highest BCUT2D eigenvalue weighted by Gasteiger charge is 2.15. The smallest absolute Gasteiger partial charge is 0.262 e. The Kier molecular flexibility index (Phi) is 7.56. The maximum atomic E-state index is 12.3. The standard InChI is InChI=1S/C25H34N2O2/c1-4-27(5-2)22-13-16-24(19(3)17-22)26-25(28)18-29-23-14-11-21(12-15-23)20-9-7-6-8-10-20/h11-17,20H,4-10,18H2,1-3H3,(H,26,28). The van der Waals surface area contributed by atoms with Crippen LogP contribution in [-0.4, -0.2) is 25.6 Å². The Morgan fingerprint density at radius 2 is 1.72 bits per heavy atom. The fraction of sp³-hybridized carbons (Fsp3) is 0.480. The fourth-order valence-corrected chi connectivity index (χ4v) is 4.18. The van der Waals surface area contributed by atoms with Crippen molar-refractivity contribution in [1.29, 1.82) is 0 Å². The zero-order chi connectivity index (χ0) is 20.6. The van der Waals surface area contributed by atoms with Crippen molar-refractivity contribution < 1.29 is 9.53 Å². The zero-order valence-electron chi connectivity index (χ0n) is 18.0. The van der Waals surface area contributed by atoms with E-state index in [0.29, 0.717) is 5.92 Å². The second kappa shape index (κ2) is 10.3. The SMILES string of the molecule is CCN(CC)c1ccc(NC(=O)COc2ccc(C3CCCCC3)cc2)c(C)c1. The van der Waals surface area contributed by atoms with Gasteiger partial charge in [0.15, 0.2) is 6.61 Å². The van der Waals surface area contributed by atoms with E-state index in [4.69, 9.17) is 4.74 Å². The van der Waals surface area contributed by atoms with E-state index in [0.717, 1.165) is 30.1 Å². The maximum absolute atomic E-state index is 12.3. The molecule has 0 aliphatic heterocycles. The van der Waals surface area contributed by atoms with E-state index >= 15 is 0 Å². The first-order chi connectivity index (χ1) is 14.1. The van der Waals surface area contributed by atoms with Crippen LogP contribution in [0.2, 0.25) is 0 Å². The molecule has 1 saturated carbocycles. The number of nitrogens with zero attached hydrogens (tertiary/aromatic N) is 1. The second-order valence-electron chi connectivity index (χ2n) is 7.91. The van der Waals surface area contributed by atoms with Gasteiger partial charge in [-0.25, -0.2) is 0 Å². The minimum absolute atomic E-state index is 0.0139. The van der Waals surface area contributed by atoms with Crippen molar-refractivity contribution in [1.82, 2.24) is 0 Å². The molecule has 0 atom stereocenters. The van der Waals surface area contributed by atoms with Crippen molar-refractivity contribution in [3.05, 3.63) is 53.6 Å². The monoisotopic (exact) mass is 394 g/mol. The average Bonchev–Trinajstić information content (AvgIpc) is 2.76. The van der Waals surface area contributed by atoms with Crippen LogP contribution in [0.15, 0.2) is 42.5 Å². The Morgan fingerprint density at radius 3 is 2.34 bits per heavy atom. The van der Waals surface area contributed by atoms with Crippen molar-refractivity contribution in [2.24, 2.45) is 0 Å². The number of carbonyl (C=O) groups excluding carboxylic acids is 1. The Labute approximate surface area is 175 Å². The van der Waals surface area contributed by atoms with Crippen LogP contribution in [0.4, 0.5) is 11.4 Å². The highest BCUT2D eigenvalue weighted by atomic mass is 16.5. The molecule has 0 radical (unpaired) electrons. The van der Waals surface area contributed by atoms with E-state index < -0.39 is 0 Å². The molecule has 0 spiro atoms. The van der Waals surface area contributed by atoms with Crippen LogP contribution in [-0.2, 0) is 4.79 Å². The Bertz CT molecular complexity index is 791. The van der Waals surface area contributed by atoms with Crippen LogP contribution >= 0.6 is 0 Å². The first-order valence-electron chi connectivity index (χ1n) is 11.0. The van der Waals surface area contributed by atoms with Gasteiger partial charge in [0.25, 0.3) is 5.91 Å². The predicted molar refractivity (Wildman–Crippen MR) is 121 cm³/mol. The number of carbonyl (C=O) groups is 1. The molecular formula is C25H34N2O2. The highest BCUT2D eigenvalue weighted by molar-refractivity contribution is 5.92. The summed E-state index contributed by atoms with van der Waals surface area (Å²) in [5.74, 6) is 1.29. The molecule has 29 heavy (non-hydrogen) atoms. The van der Waals surface area contributed by atoms with Crippen molar-refractivity contribution in [3.8, 4) is 5.75 Å². The Hall–Kier alpha value is -2.49. The summed E-state index contributed by atoms with van der Waals surface area (Å²) in [5, 5.41) is 2.96. The van der Waals surface area contributed by atoms with E-state index in [2.05, 4.69) is 48.3 Å². The summed E-state index contributed by atoms with van der Waals surface area (Å²) in [6.45, 7) is 8.26. The quantitative estimate of drug-likeness (QED) is 0.605. The summed E-state index contributed by atoms with van der Waals surface area (Å²) in [5.41, 5.74) is 4.46. The molecule has 0 heterocycles. The number of aryl methyl sites for hydroxylation is 1. The van der Waals surface area contributed by atoms with Gasteiger partial charge < -0.3 is 15.0 Å². The van der Waals surface area contributed by atoms with Gasteiger partial charge in [0.05, 0.1) is 0 Å². The molecule has 1 N–H and O–H groups in total. The van der Waals surface area contributed by atoms with Gasteiger partial charge in [-0.15, -0.1) is 0 Å². The molecule has 0 aromatic heterocycles. The number of hydrogen-bond donors (Lipinski definition) is 1. The number of rotatable bonds is 8. The summed E-state index contributed by atoms with van der Waals surface area (Å²) in [6, 6.07) is 14.4. The summed E-state index contributed by atoms with van der Waals surface area (Å²) >= 11 is 0. The van der Waals surface area contributed by atoms with Gasteiger partial charge in [-0.05, 0) is 81.0 Å². The van der Waals surface area contributed by atoms with Crippen molar-refractivity contribution >= 4 is 17.3 Å². The minimum Gasteiger partial charge on any atom is -0.484 e. The van der Waals surface area contributed by atoms with Gasteiger partial charge in [-0.1, -0.05) is 31.4 Å². The molecule has 0 bridgehead atoms. The van der Waals surface area contributed by atoms with Crippen LogP contribution < -0.4 is 15.0 Å². The number of ether oxygens (including phenoxy) is 1. The van der Waals surface area contributed by atoms with E-state index in [1.54, 1.807) is 0 Å². The molecule has 4 heteroatoms. The molecule has 2 aromatic rings. The normalized spacial score (nSPS) is 14.4. The van der Waals surface area contributed by atoms with Gasteiger partial charge in [-0.2, -0.15) is 0 Å². The van der Waals surface area contributed by atoms with Crippen LogP contribution in [0.25, 0.3) is 0 Å². The first kappa shape index (κ1) is 21.2. The largest absolute Gasteiger partial charge is 0.484 e. The van der Waals surface area contributed by atoms with Crippen LogP contribution in [0.3, 0.4) is 0 Å². The van der Waals surface area contributed by atoms with E-state index in [1.165, 1.54) is 43.4 Å². The third kappa shape index (κ3) is 5.75. The van der Waals surface area contributed by atoms with Crippen molar-refractivity contribution in [3.63, 3.8) is 0 Å². The number of nitrogens with one attached hydrogen (secondary N) is 1. The summed E-state index contributed by atoms with van der Waals surface area (Å²) in [6.07, 6.45) is 6.60. The lowest BCUT2D eigenvalue weighted by molar-refractivity contribution is -0.118. The van der Waals surface area contributed by atoms with Crippen LogP contribution in [0.5, 0.6) is 5.75 Å².